The van der Waals surface area contributed by atoms with E-state index in [0.717, 1.165) is 16.8 Å². The first-order valence-electron chi connectivity index (χ1n) is 6.43. The van der Waals surface area contributed by atoms with Gasteiger partial charge in [-0.15, -0.1) is 0 Å². The van der Waals surface area contributed by atoms with Crippen molar-refractivity contribution < 1.29 is 0 Å². The molecule has 1 heterocycles. The fourth-order valence-electron chi connectivity index (χ4n) is 2.16. The molecule has 0 amide bonds. The predicted molar refractivity (Wildman–Crippen MR) is 89.0 cm³/mol. The summed E-state index contributed by atoms with van der Waals surface area (Å²) < 4.78 is 1.73. The summed E-state index contributed by atoms with van der Waals surface area (Å²) in [6, 6.07) is 15.1. The molecule has 0 aliphatic rings. The van der Waals surface area contributed by atoms with Crippen LogP contribution in [0.25, 0.3) is 11.3 Å². The van der Waals surface area contributed by atoms with Crippen LogP contribution in [0.4, 0.5) is 5.69 Å². The molecule has 0 spiro atoms. The van der Waals surface area contributed by atoms with E-state index in [9.17, 15) is 4.79 Å². The second kappa shape index (κ2) is 5.76. The summed E-state index contributed by atoms with van der Waals surface area (Å²) in [5.41, 5.74) is 9.18. The van der Waals surface area contributed by atoms with Gasteiger partial charge in [-0.1, -0.05) is 53.3 Å². The van der Waals surface area contributed by atoms with Gasteiger partial charge in [-0.2, -0.15) is 0 Å². The summed E-state index contributed by atoms with van der Waals surface area (Å²) in [5.74, 6) is 0. The van der Waals surface area contributed by atoms with E-state index in [4.69, 9.17) is 17.3 Å². The van der Waals surface area contributed by atoms with E-state index < -0.39 is 0 Å². The second-order valence-electron chi connectivity index (χ2n) is 4.69. The first-order chi connectivity index (χ1) is 10.1. The van der Waals surface area contributed by atoms with Crippen LogP contribution in [0.15, 0.2) is 58.7 Å². The number of nitrogens with zero attached hydrogens (tertiary/aromatic N) is 1. The number of benzene rings is 2. The monoisotopic (exact) mass is 316 g/mol. The molecule has 0 aliphatic heterocycles. The van der Waals surface area contributed by atoms with Gasteiger partial charge in [0.25, 0.3) is 0 Å². The number of thiazole rings is 1. The summed E-state index contributed by atoms with van der Waals surface area (Å²) in [7, 11) is 0. The summed E-state index contributed by atoms with van der Waals surface area (Å²) >= 11 is 7.37. The van der Waals surface area contributed by atoms with Crippen molar-refractivity contribution in [3.63, 3.8) is 0 Å². The molecule has 0 saturated carbocycles. The lowest BCUT2D eigenvalue weighted by molar-refractivity contribution is 0.793. The van der Waals surface area contributed by atoms with Gasteiger partial charge in [-0.25, -0.2) is 0 Å². The lowest BCUT2D eigenvalue weighted by Crippen LogP contribution is -2.15. The molecule has 0 aliphatic carbocycles. The molecule has 1 aromatic heterocycles. The quantitative estimate of drug-likeness (QED) is 0.746. The number of hydrogen-bond acceptors (Lipinski definition) is 3. The summed E-state index contributed by atoms with van der Waals surface area (Å²) in [4.78, 5) is 12.1. The van der Waals surface area contributed by atoms with Gasteiger partial charge in [0, 0.05) is 16.1 Å². The number of halogens is 1. The molecule has 5 heteroatoms. The Bertz CT molecular complexity index is 821. The van der Waals surface area contributed by atoms with E-state index in [1.807, 2.05) is 53.9 Å². The van der Waals surface area contributed by atoms with Gasteiger partial charge in [-0.3, -0.25) is 9.36 Å². The highest BCUT2D eigenvalue weighted by molar-refractivity contribution is 7.07. The number of aromatic nitrogens is 1. The molecule has 0 fully saturated rings. The normalized spacial score (nSPS) is 10.7. The summed E-state index contributed by atoms with van der Waals surface area (Å²) in [6.45, 7) is 0.460. The Morgan fingerprint density at radius 2 is 1.81 bits per heavy atom. The van der Waals surface area contributed by atoms with Crippen LogP contribution in [0, 0.1) is 0 Å². The lowest BCUT2D eigenvalue weighted by atomic mass is 10.1. The standard InChI is InChI=1S/C16H13ClN2OS/c17-14-4-2-1-3-12(14)9-19-15(10-21-16(19)20)11-5-7-13(18)8-6-11/h1-8,10H,9,18H2. The molecule has 2 aromatic carbocycles. The van der Waals surface area contributed by atoms with Crippen molar-refractivity contribution in [2.24, 2.45) is 0 Å². The van der Waals surface area contributed by atoms with Crippen LogP contribution in [0.3, 0.4) is 0 Å². The molecule has 0 atom stereocenters. The van der Waals surface area contributed by atoms with Crippen molar-refractivity contribution >= 4 is 28.6 Å². The third-order valence-electron chi connectivity index (χ3n) is 3.28. The minimum Gasteiger partial charge on any atom is -0.399 e. The maximum atomic E-state index is 12.1. The van der Waals surface area contributed by atoms with E-state index in [-0.39, 0.29) is 4.87 Å². The van der Waals surface area contributed by atoms with Crippen LogP contribution >= 0.6 is 22.9 Å². The van der Waals surface area contributed by atoms with Gasteiger partial charge in [0.15, 0.2) is 0 Å². The smallest absolute Gasteiger partial charge is 0.307 e. The van der Waals surface area contributed by atoms with Gasteiger partial charge in [0.1, 0.15) is 0 Å². The zero-order valence-corrected chi connectivity index (χ0v) is 12.7. The Hall–Kier alpha value is -2.04. The van der Waals surface area contributed by atoms with E-state index in [0.29, 0.717) is 17.3 Å². The number of nitrogens with two attached hydrogens (primary N) is 1. The van der Waals surface area contributed by atoms with E-state index >= 15 is 0 Å². The SMILES string of the molecule is Nc1ccc(-c2csc(=O)n2Cc2ccccc2Cl)cc1. The molecule has 0 unspecified atom stereocenters. The van der Waals surface area contributed by atoms with Crippen LogP contribution in [-0.2, 0) is 6.54 Å². The Balaban J connectivity index is 2.04. The first kappa shape index (κ1) is 13.9. The minimum absolute atomic E-state index is 0.00162. The fourth-order valence-corrected chi connectivity index (χ4v) is 3.12. The second-order valence-corrected chi connectivity index (χ2v) is 5.91. The Labute approximate surface area is 131 Å². The van der Waals surface area contributed by atoms with E-state index in [1.54, 1.807) is 4.57 Å². The third-order valence-corrected chi connectivity index (χ3v) is 4.41. The van der Waals surface area contributed by atoms with Crippen LogP contribution < -0.4 is 10.6 Å². The van der Waals surface area contributed by atoms with Gasteiger partial charge in [-0.05, 0) is 29.3 Å². The third kappa shape index (κ3) is 2.86. The highest BCUT2D eigenvalue weighted by Crippen LogP contribution is 2.23. The van der Waals surface area contributed by atoms with Crippen molar-refractivity contribution in [1.82, 2.24) is 4.57 Å². The van der Waals surface area contributed by atoms with Crippen LogP contribution in [-0.4, -0.2) is 4.57 Å². The van der Waals surface area contributed by atoms with Gasteiger partial charge < -0.3 is 5.73 Å². The van der Waals surface area contributed by atoms with Gasteiger partial charge in [0.2, 0.25) is 0 Å². The zero-order valence-electron chi connectivity index (χ0n) is 11.1. The Kier molecular flexibility index (Phi) is 3.82. The maximum absolute atomic E-state index is 12.1. The summed E-state index contributed by atoms with van der Waals surface area (Å²) in [6.07, 6.45) is 0. The van der Waals surface area contributed by atoms with Crippen LogP contribution in [0.2, 0.25) is 5.02 Å². The highest BCUT2D eigenvalue weighted by Gasteiger charge is 2.10. The Morgan fingerprint density at radius 3 is 2.52 bits per heavy atom. The molecular formula is C16H13ClN2OS. The van der Waals surface area contributed by atoms with Gasteiger partial charge >= 0.3 is 4.87 Å². The molecule has 21 heavy (non-hydrogen) atoms. The Morgan fingerprint density at radius 1 is 1.10 bits per heavy atom. The average Bonchev–Trinajstić information content (AvgIpc) is 2.84. The topological polar surface area (TPSA) is 48.0 Å². The van der Waals surface area contributed by atoms with Crippen molar-refractivity contribution in [2.45, 2.75) is 6.54 Å². The molecule has 3 rings (SSSR count). The van der Waals surface area contributed by atoms with Crippen LogP contribution in [0.5, 0.6) is 0 Å². The molecule has 2 N–H and O–H groups in total. The number of anilines is 1. The van der Waals surface area contributed by atoms with E-state index in [1.165, 1.54) is 11.3 Å². The van der Waals surface area contributed by atoms with Crippen molar-refractivity contribution in [3.05, 3.63) is 74.2 Å². The molecule has 106 valence electrons. The molecular weight excluding hydrogens is 304 g/mol. The van der Waals surface area contributed by atoms with Gasteiger partial charge in [0.05, 0.1) is 12.2 Å². The molecule has 0 bridgehead atoms. The molecule has 3 aromatic rings. The molecule has 0 radical (unpaired) electrons. The number of rotatable bonds is 3. The molecule has 0 saturated heterocycles. The van der Waals surface area contributed by atoms with Crippen LogP contribution in [0.1, 0.15) is 5.56 Å². The van der Waals surface area contributed by atoms with Crippen molar-refractivity contribution in [3.8, 4) is 11.3 Å². The average molecular weight is 317 g/mol. The number of hydrogen-bond donors (Lipinski definition) is 1. The first-order valence-corrected chi connectivity index (χ1v) is 7.68. The lowest BCUT2D eigenvalue weighted by Gasteiger charge is -2.09. The molecule has 3 nitrogen and oxygen atoms in total. The zero-order chi connectivity index (χ0) is 14.8. The van der Waals surface area contributed by atoms with Crippen molar-refractivity contribution in [1.29, 1.82) is 0 Å². The minimum atomic E-state index is 0.00162. The van der Waals surface area contributed by atoms with E-state index in [2.05, 4.69) is 0 Å². The highest BCUT2D eigenvalue weighted by atomic mass is 35.5. The largest absolute Gasteiger partial charge is 0.399 e. The summed E-state index contributed by atoms with van der Waals surface area (Å²) in [5, 5.41) is 2.53. The number of nitrogen functional groups attached to an aromatic ring is 1. The maximum Gasteiger partial charge on any atom is 0.307 e. The van der Waals surface area contributed by atoms with Crippen molar-refractivity contribution in [2.75, 3.05) is 5.73 Å². The fraction of sp³-hybridized carbons (Fsp3) is 0.0625. The predicted octanol–water partition coefficient (Wildman–Crippen LogP) is 3.86.